The highest BCUT2D eigenvalue weighted by atomic mass is 16.5. The van der Waals surface area contributed by atoms with Crippen LogP contribution in [-0.2, 0) is 9.53 Å². The Bertz CT molecular complexity index is 219. The third-order valence-electron chi connectivity index (χ3n) is 2.63. The predicted molar refractivity (Wildman–Crippen MR) is 49.1 cm³/mol. The first kappa shape index (κ1) is 8.60. The quantitative estimate of drug-likeness (QED) is 0.610. The molecule has 2 aliphatic rings. The molecule has 0 N–H and O–H groups in total. The average molecular weight is 181 g/mol. The molecule has 1 atom stereocenters. The van der Waals surface area contributed by atoms with E-state index in [1.165, 1.54) is 0 Å². The average Bonchev–Trinajstić information content (AvgIpc) is 2.71. The molecule has 3 nitrogen and oxygen atoms in total. The topological polar surface area (TPSA) is 29.5 Å². The lowest BCUT2D eigenvalue weighted by atomic mass is 10.1. The summed E-state index contributed by atoms with van der Waals surface area (Å²) in [6.07, 6.45) is 7.51. The van der Waals surface area contributed by atoms with E-state index in [9.17, 15) is 4.79 Å². The SMILES string of the molecule is O=C(C1CCC=CO1)N1CCCC1. The number of allylic oxidation sites excluding steroid dienone is 1. The molecule has 3 heteroatoms. The fraction of sp³-hybridized carbons (Fsp3) is 0.700. The Morgan fingerprint density at radius 1 is 1.38 bits per heavy atom. The number of rotatable bonds is 1. The summed E-state index contributed by atoms with van der Waals surface area (Å²) >= 11 is 0. The van der Waals surface area contributed by atoms with Crippen molar-refractivity contribution in [3.8, 4) is 0 Å². The maximum Gasteiger partial charge on any atom is 0.263 e. The van der Waals surface area contributed by atoms with Crippen LogP contribution in [-0.4, -0.2) is 30.0 Å². The summed E-state index contributed by atoms with van der Waals surface area (Å²) in [4.78, 5) is 13.7. The van der Waals surface area contributed by atoms with Crippen LogP contribution in [0.5, 0.6) is 0 Å². The van der Waals surface area contributed by atoms with Crippen molar-refractivity contribution in [3.63, 3.8) is 0 Å². The molecule has 2 heterocycles. The summed E-state index contributed by atoms with van der Waals surface area (Å²) in [5.74, 6) is 0.182. The zero-order chi connectivity index (χ0) is 9.10. The van der Waals surface area contributed by atoms with Gasteiger partial charge in [-0.3, -0.25) is 4.79 Å². The number of carbonyl (C=O) groups is 1. The summed E-state index contributed by atoms with van der Waals surface area (Å²) in [5, 5.41) is 0. The Morgan fingerprint density at radius 2 is 2.15 bits per heavy atom. The molecule has 0 aliphatic carbocycles. The Labute approximate surface area is 78.4 Å². The van der Waals surface area contributed by atoms with E-state index < -0.39 is 0 Å². The van der Waals surface area contributed by atoms with Crippen molar-refractivity contribution < 1.29 is 9.53 Å². The smallest absolute Gasteiger partial charge is 0.263 e. The molecular weight excluding hydrogens is 166 g/mol. The normalized spacial score (nSPS) is 27.4. The fourth-order valence-corrected chi connectivity index (χ4v) is 1.86. The van der Waals surface area contributed by atoms with Gasteiger partial charge in [0.15, 0.2) is 6.10 Å². The Hall–Kier alpha value is -0.990. The van der Waals surface area contributed by atoms with Crippen LogP contribution in [0.25, 0.3) is 0 Å². The maximum atomic E-state index is 11.8. The Morgan fingerprint density at radius 3 is 2.77 bits per heavy atom. The molecule has 0 spiro atoms. The van der Waals surface area contributed by atoms with Gasteiger partial charge in [-0.05, 0) is 31.8 Å². The largest absolute Gasteiger partial charge is 0.489 e. The van der Waals surface area contributed by atoms with Gasteiger partial charge in [0.25, 0.3) is 5.91 Å². The van der Waals surface area contributed by atoms with Gasteiger partial charge in [0.05, 0.1) is 6.26 Å². The monoisotopic (exact) mass is 181 g/mol. The van der Waals surface area contributed by atoms with Crippen LogP contribution < -0.4 is 0 Å². The molecule has 0 aromatic heterocycles. The lowest BCUT2D eigenvalue weighted by molar-refractivity contribution is -0.140. The molecule has 72 valence electrons. The number of carbonyl (C=O) groups excluding carboxylic acids is 1. The Balaban J connectivity index is 1.91. The van der Waals surface area contributed by atoms with Crippen LogP contribution in [0, 0.1) is 0 Å². The summed E-state index contributed by atoms with van der Waals surface area (Å²) in [7, 11) is 0. The minimum Gasteiger partial charge on any atom is -0.489 e. The van der Waals surface area contributed by atoms with Gasteiger partial charge in [-0.25, -0.2) is 0 Å². The van der Waals surface area contributed by atoms with Crippen LogP contribution in [0.4, 0.5) is 0 Å². The molecule has 2 rings (SSSR count). The van der Waals surface area contributed by atoms with Crippen molar-refractivity contribution in [2.45, 2.75) is 31.8 Å². The van der Waals surface area contributed by atoms with Gasteiger partial charge in [-0.1, -0.05) is 0 Å². The molecular formula is C10H15NO2. The van der Waals surface area contributed by atoms with E-state index in [0.717, 1.165) is 38.8 Å². The summed E-state index contributed by atoms with van der Waals surface area (Å²) in [5.41, 5.74) is 0. The number of likely N-dealkylation sites (tertiary alicyclic amines) is 1. The lowest BCUT2D eigenvalue weighted by Crippen LogP contribution is -2.38. The third-order valence-corrected chi connectivity index (χ3v) is 2.63. The molecule has 1 unspecified atom stereocenters. The van der Waals surface area contributed by atoms with Gasteiger partial charge in [0.1, 0.15) is 0 Å². The van der Waals surface area contributed by atoms with Crippen LogP contribution in [0.3, 0.4) is 0 Å². The fourth-order valence-electron chi connectivity index (χ4n) is 1.86. The molecule has 13 heavy (non-hydrogen) atoms. The molecule has 0 radical (unpaired) electrons. The molecule has 0 aromatic carbocycles. The molecule has 0 saturated carbocycles. The first-order valence-electron chi connectivity index (χ1n) is 4.97. The summed E-state index contributed by atoms with van der Waals surface area (Å²) in [6.45, 7) is 1.84. The first-order chi connectivity index (χ1) is 6.38. The van der Waals surface area contributed by atoms with E-state index in [4.69, 9.17) is 4.74 Å². The number of amides is 1. The lowest BCUT2D eigenvalue weighted by Gasteiger charge is -2.24. The number of hydrogen-bond acceptors (Lipinski definition) is 2. The van der Waals surface area contributed by atoms with E-state index in [0.29, 0.717) is 0 Å². The highest BCUT2D eigenvalue weighted by molar-refractivity contribution is 5.81. The number of ether oxygens (including phenoxy) is 1. The van der Waals surface area contributed by atoms with Crippen LogP contribution in [0.15, 0.2) is 12.3 Å². The van der Waals surface area contributed by atoms with Crippen molar-refractivity contribution in [3.05, 3.63) is 12.3 Å². The molecule has 1 amide bonds. The van der Waals surface area contributed by atoms with E-state index in [1.54, 1.807) is 6.26 Å². The van der Waals surface area contributed by atoms with Crippen molar-refractivity contribution in [2.75, 3.05) is 13.1 Å². The molecule has 1 saturated heterocycles. The van der Waals surface area contributed by atoms with E-state index in [-0.39, 0.29) is 12.0 Å². The molecule has 0 aromatic rings. The second-order valence-electron chi connectivity index (χ2n) is 3.61. The van der Waals surface area contributed by atoms with Crippen molar-refractivity contribution in [2.24, 2.45) is 0 Å². The number of nitrogens with zero attached hydrogens (tertiary/aromatic N) is 1. The van der Waals surface area contributed by atoms with Crippen LogP contribution in [0.2, 0.25) is 0 Å². The van der Waals surface area contributed by atoms with Crippen molar-refractivity contribution >= 4 is 5.91 Å². The van der Waals surface area contributed by atoms with Gasteiger partial charge in [0.2, 0.25) is 0 Å². The van der Waals surface area contributed by atoms with Gasteiger partial charge >= 0.3 is 0 Å². The highest BCUT2D eigenvalue weighted by Crippen LogP contribution is 2.16. The standard InChI is InChI=1S/C10H15NO2/c12-10(11-6-2-3-7-11)9-5-1-4-8-13-9/h4,8-9H,1-3,5-7H2. The molecule has 0 bridgehead atoms. The van der Waals surface area contributed by atoms with E-state index in [2.05, 4.69) is 0 Å². The van der Waals surface area contributed by atoms with E-state index in [1.807, 2.05) is 11.0 Å². The third kappa shape index (κ3) is 1.85. The minimum absolute atomic E-state index is 0.182. The van der Waals surface area contributed by atoms with E-state index >= 15 is 0 Å². The molecule has 1 fully saturated rings. The zero-order valence-corrected chi connectivity index (χ0v) is 7.74. The van der Waals surface area contributed by atoms with Gasteiger partial charge < -0.3 is 9.64 Å². The summed E-state index contributed by atoms with van der Waals surface area (Å²) < 4.78 is 5.28. The van der Waals surface area contributed by atoms with Gasteiger partial charge in [0, 0.05) is 13.1 Å². The van der Waals surface area contributed by atoms with Gasteiger partial charge in [-0.15, -0.1) is 0 Å². The summed E-state index contributed by atoms with van der Waals surface area (Å²) in [6, 6.07) is 0. The highest BCUT2D eigenvalue weighted by Gasteiger charge is 2.27. The van der Waals surface area contributed by atoms with Crippen LogP contribution >= 0.6 is 0 Å². The first-order valence-corrected chi connectivity index (χ1v) is 4.97. The van der Waals surface area contributed by atoms with Crippen LogP contribution in [0.1, 0.15) is 25.7 Å². The maximum absolute atomic E-state index is 11.8. The zero-order valence-electron chi connectivity index (χ0n) is 7.74. The van der Waals surface area contributed by atoms with Crippen molar-refractivity contribution in [1.29, 1.82) is 0 Å². The second kappa shape index (κ2) is 3.81. The second-order valence-corrected chi connectivity index (χ2v) is 3.61. The Kier molecular flexibility index (Phi) is 2.52. The number of hydrogen-bond donors (Lipinski definition) is 0. The van der Waals surface area contributed by atoms with Crippen molar-refractivity contribution in [1.82, 2.24) is 4.90 Å². The molecule has 2 aliphatic heterocycles. The van der Waals surface area contributed by atoms with Gasteiger partial charge in [-0.2, -0.15) is 0 Å². The predicted octanol–water partition coefficient (Wildman–Crippen LogP) is 1.30. The minimum atomic E-state index is -0.205.